The van der Waals surface area contributed by atoms with Gasteiger partial charge in [-0.3, -0.25) is 9.78 Å². The van der Waals surface area contributed by atoms with Gasteiger partial charge in [0.15, 0.2) is 0 Å². The second kappa shape index (κ2) is 6.89. The lowest BCUT2D eigenvalue weighted by atomic mass is 10.1. The molecule has 5 heteroatoms. The second-order valence-corrected chi connectivity index (χ2v) is 4.75. The highest BCUT2D eigenvalue weighted by Crippen LogP contribution is 2.18. The number of nitrogens with one attached hydrogen (secondary N) is 1. The van der Waals surface area contributed by atoms with E-state index in [9.17, 15) is 4.79 Å². The summed E-state index contributed by atoms with van der Waals surface area (Å²) in [6.45, 7) is 2.14. The van der Waals surface area contributed by atoms with Crippen molar-refractivity contribution in [1.29, 1.82) is 0 Å². The third kappa shape index (κ3) is 4.06. The van der Waals surface area contributed by atoms with E-state index in [1.807, 2.05) is 13.0 Å². The van der Waals surface area contributed by atoms with Crippen molar-refractivity contribution >= 4 is 23.2 Å². The van der Waals surface area contributed by atoms with E-state index in [4.69, 9.17) is 17.3 Å². The van der Waals surface area contributed by atoms with Crippen LogP contribution in [0.25, 0.3) is 0 Å². The van der Waals surface area contributed by atoms with Crippen LogP contribution in [0.5, 0.6) is 0 Å². The lowest BCUT2D eigenvalue weighted by Crippen LogP contribution is -2.12. The molecule has 1 heterocycles. The summed E-state index contributed by atoms with van der Waals surface area (Å²) in [5.41, 5.74) is 7.94. The normalized spacial score (nSPS) is 9.67. The molecule has 2 aromatic rings. The van der Waals surface area contributed by atoms with E-state index < -0.39 is 0 Å². The van der Waals surface area contributed by atoms with Gasteiger partial charge in [-0.25, -0.2) is 0 Å². The summed E-state index contributed by atoms with van der Waals surface area (Å²) in [7, 11) is 0. The Morgan fingerprint density at radius 3 is 2.81 bits per heavy atom. The molecule has 0 saturated heterocycles. The fourth-order valence-corrected chi connectivity index (χ4v) is 1.88. The van der Waals surface area contributed by atoms with Crippen molar-refractivity contribution < 1.29 is 4.79 Å². The van der Waals surface area contributed by atoms with Crippen LogP contribution in [0, 0.1) is 18.8 Å². The maximum absolute atomic E-state index is 12.1. The van der Waals surface area contributed by atoms with Gasteiger partial charge in [0, 0.05) is 16.8 Å². The van der Waals surface area contributed by atoms with Gasteiger partial charge in [-0.15, -0.1) is 0 Å². The second-order valence-electron chi connectivity index (χ2n) is 4.34. The zero-order chi connectivity index (χ0) is 15.2. The third-order valence-corrected chi connectivity index (χ3v) is 3.04. The molecule has 1 amide bonds. The Balaban J connectivity index is 2.16. The van der Waals surface area contributed by atoms with Crippen LogP contribution in [0.3, 0.4) is 0 Å². The highest BCUT2D eigenvalue weighted by molar-refractivity contribution is 6.32. The topological polar surface area (TPSA) is 68.0 Å². The molecule has 0 bridgehead atoms. The fraction of sp³-hybridized carbons (Fsp3) is 0.125. The van der Waals surface area contributed by atoms with Crippen molar-refractivity contribution in [2.45, 2.75) is 6.92 Å². The van der Waals surface area contributed by atoms with E-state index in [-0.39, 0.29) is 12.5 Å². The van der Waals surface area contributed by atoms with Crippen LogP contribution in [-0.2, 0) is 0 Å². The molecule has 0 spiro atoms. The molecular formula is C16H14ClN3O. The Morgan fingerprint density at radius 1 is 1.38 bits per heavy atom. The molecule has 0 radical (unpaired) electrons. The van der Waals surface area contributed by atoms with Gasteiger partial charge in [-0.05, 0) is 37.3 Å². The van der Waals surface area contributed by atoms with Gasteiger partial charge in [0.2, 0.25) is 0 Å². The number of carbonyl (C=O) groups is 1. The Bertz CT molecular complexity index is 715. The minimum atomic E-state index is -0.249. The smallest absolute Gasteiger partial charge is 0.255 e. The molecule has 0 fully saturated rings. The van der Waals surface area contributed by atoms with Gasteiger partial charge < -0.3 is 11.1 Å². The van der Waals surface area contributed by atoms with Gasteiger partial charge in [-0.2, -0.15) is 0 Å². The quantitative estimate of drug-likeness (QED) is 0.838. The standard InChI is InChI=1S/C16H14ClN3O/c1-11-4-7-14(10-19-11)20-16(21)13-6-5-12(3-2-8-18)15(17)9-13/h4-7,9-10H,8,18H2,1H3,(H,20,21). The number of rotatable bonds is 2. The van der Waals surface area contributed by atoms with Crippen LogP contribution in [0.15, 0.2) is 36.5 Å². The van der Waals surface area contributed by atoms with Gasteiger partial charge in [0.05, 0.1) is 23.5 Å². The number of halogens is 1. The summed E-state index contributed by atoms with van der Waals surface area (Å²) in [6.07, 6.45) is 1.61. The van der Waals surface area contributed by atoms with Crippen molar-refractivity contribution in [3.63, 3.8) is 0 Å². The first kappa shape index (κ1) is 15.0. The molecule has 1 aromatic carbocycles. The number of hydrogen-bond donors (Lipinski definition) is 2. The molecule has 0 saturated carbocycles. The van der Waals surface area contributed by atoms with Crippen LogP contribution in [-0.4, -0.2) is 17.4 Å². The summed E-state index contributed by atoms with van der Waals surface area (Å²) in [5.74, 6) is 5.32. The predicted octanol–water partition coefficient (Wildman–Crippen LogP) is 2.61. The fourth-order valence-electron chi connectivity index (χ4n) is 1.65. The van der Waals surface area contributed by atoms with Crippen molar-refractivity contribution in [1.82, 2.24) is 4.98 Å². The molecule has 1 aromatic heterocycles. The molecule has 4 nitrogen and oxygen atoms in total. The maximum Gasteiger partial charge on any atom is 0.255 e. The van der Waals surface area contributed by atoms with E-state index in [1.165, 1.54) is 0 Å². The molecule has 2 rings (SSSR count). The SMILES string of the molecule is Cc1ccc(NC(=O)c2ccc(C#CCN)c(Cl)c2)cn1. The molecule has 0 unspecified atom stereocenters. The minimum Gasteiger partial charge on any atom is -0.321 e. The lowest BCUT2D eigenvalue weighted by molar-refractivity contribution is 0.102. The molecule has 21 heavy (non-hydrogen) atoms. The van der Waals surface area contributed by atoms with Crippen LogP contribution >= 0.6 is 11.6 Å². The Hall–Kier alpha value is -2.35. The molecule has 0 aliphatic rings. The summed E-state index contributed by atoms with van der Waals surface area (Å²) in [6, 6.07) is 8.58. The van der Waals surface area contributed by atoms with Gasteiger partial charge in [-0.1, -0.05) is 23.4 Å². The molecule has 3 N–H and O–H groups in total. The van der Waals surface area contributed by atoms with Crippen molar-refractivity contribution in [2.24, 2.45) is 5.73 Å². The Kier molecular flexibility index (Phi) is 4.94. The predicted molar refractivity (Wildman–Crippen MR) is 84.3 cm³/mol. The van der Waals surface area contributed by atoms with E-state index >= 15 is 0 Å². The van der Waals surface area contributed by atoms with Gasteiger partial charge in [0.1, 0.15) is 0 Å². The molecular weight excluding hydrogens is 286 g/mol. The average Bonchev–Trinajstić information content (AvgIpc) is 2.48. The first-order valence-electron chi connectivity index (χ1n) is 6.32. The molecule has 106 valence electrons. The largest absolute Gasteiger partial charge is 0.321 e. The third-order valence-electron chi connectivity index (χ3n) is 2.73. The number of benzene rings is 1. The summed E-state index contributed by atoms with van der Waals surface area (Å²) in [5, 5.41) is 3.18. The molecule has 0 aliphatic heterocycles. The minimum absolute atomic E-state index is 0.249. The Morgan fingerprint density at radius 2 is 2.19 bits per heavy atom. The van der Waals surface area contributed by atoms with Crippen molar-refractivity contribution in [3.8, 4) is 11.8 Å². The van der Waals surface area contributed by atoms with Crippen LogP contribution in [0.1, 0.15) is 21.6 Å². The summed E-state index contributed by atoms with van der Waals surface area (Å²) >= 11 is 6.10. The van der Waals surface area contributed by atoms with Gasteiger partial charge in [0.25, 0.3) is 5.91 Å². The van der Waals surface area contributed by atoms with Crippen LogP contribution < -0.4 is 11.1 Å². The number of hydrogen-bond acceptors (Lipinski definition) is 3. The average molecular weight is 300 g/mol. The number of pyridine rings is 1. The van der Waals surface area contributed by atoms with E-state index in [1.54, 1.807) is 30.5 Å². The Labute approximate surface area is 128 Å². The number of nitrogens with zero attached hydrogens (tertiary/aromatic N) is 1. The number of aryl methyl sites for hydroxylation is 1. The van der Waals surface area contributed by atoms with Crippen LogP contribution in [0.4, 0.5) is 5.69 Å². The monoisotopic (exact) mass is 299 g/mol. The summed E-state index contributed by atoms with van der Waals surface area (Å²) < 4.78 is 0. The molecule has 0 aliphatic carbocycles. The number of carbonyl (C=O) groups excluding carboxylic acids is 1. The zero-order valence-electron chi connectivity index (χ0n) is 11.5. The highest BCUT2D eigenvalue weighted by Gasteiger charge is 2.08. The van der Waals surface area contributed by atoms with E-state index in [0.29, 0.717) is 21.8 Å². The van der Waals surface area contributed by atoms with Crippen molar-refractivity contribution in [2.75, 3.05) is 11.9 Å². The lowest BCUT2D eigenvalue weighted by Gasteiger charge is -2.06. The van der Waals surface area contributed by atoms with Gasteiger partial charge >= 0.3 is 0 Å². The van der Waals surface area contributed by atoms with E-state index in [2.05, 4.69) is 22.1 Å². The zero-order valence-corrected chi connectivity index (χ0v) is 12.2. The first-order chi connectivity index (χ1) is 10.1. The highest BCUT2D eigenvalue weighted by atomic mass is 35.5. The van der Waals surface area contributed by atoms with E-state index in [0.717, 1.165) is 5.69 Å². The molecule has 0 atom stereocenters. The van der Waals surface area contributed by atoms with Crippen LogP contribution in [0.2, 0.25) is 5.02 Å². The number of anilines is 1. The maximum atomic E-state index is 12.1. The summed E-state index contributed by atoms with van der Waals surface area (Å²) in [4.78, 5) is 16.2. The number of amides is 1. The first-order valence-corrected chi connectivity index (χ1v) is 6.70. The number of aromatic nitrogens is 1. The van der Waals surface area contributed by atoms with Crippen molar-refractivity contribution in [3.05, 3.63) is 58.4 Å². The number of nitrogens with two attached hydrogens (primary N) is 1.